The molecule has 0 radical (unpaired) electrons. The third-order valence-corrected chi connectivity index (χ3v) is 4.90. The molecular weight excluding hydrogens is 236 g/mol. The minimum atomic E-state index is 0.569. The number of rotatable bonds is 1. The van der Waals surface area contributed by atoms with Gasteiger partial charge in [-0.05, 0) is 35.8 Å². The van der Waals surface area contributed by atoms with Crippen LogP contribution < -0.4 is 0 Å². The Hall–Kier alpha value is -0.300. The van der Waals surface area contributed by atoms with Gasteiger partial charge in [0.25, 0.3) is 0 Å². The molecule has 3 unspecified atom stereocenters. The van der Waals surface area contributed by atoms with Gasteiger partial charge in [-0.1, -0.05) is 47.1 Å². The van der Waals surface area contributed by atoms with Crippen LogP contribution in [0.15, 0.2) is 24.3 Å². The minimum absolute atomic E-state index is 0.569. The van der Waals surface area contributed by atoms with E-state index in [1.54, 1.807) is 11.1 Å². The molecule has 0 aliphatic heterocycles. The Labute approximate surface area is 93.8 Å². The minimum Gasteiger partial charge on any atom is -0.0925 e. The first-order valence-electron chi connectivity index (χ1n) is 5.43. The van der Waals surface area contributed by atoms with Crippen molar-refractivity contribution in [3.05, 3.63) is 35.4 Å². The Morgan fingerprint density at radius 1 is 1.36 bits per heavy atom. The quantitative estimate of drug-likeness (QED) is 0.665. The molecule has 0 heterocycles. The van der Waals surface area contributed by atoms with E-state index < -0.39 is 0 Å². The first kappa shape index (κ1) is 8.96. The highest BCUT2D eigenvalue weighted by atomic mass is 79.9. The van der Waals surface area contributed by atoms with Crippen LogP contribution in [-0.2, 0) is 5.41 Å². The lowest BCUT2D eigenvalue weighted by Crippen LogP contribution is -2.05. The fourth-order valence-corrected chi connectivity index (χ4v) is 4.16. The average molecular weight is 251 g/mol. The average Bonchev–Trinajstić information content (AvgIpc) is 2.84. The van der Waals surface area contributed by atoms with Gasteiger partial charge in [0.15, 0.2) is 0 Å². The summed E-state index contributed by atoms with van der Waals surface area (Å²) in [7, 11) is 0. The van der Waals surface area contributed by atoms with E-state index in [1.165, 1.54) is 18.2 Å². The van der Waals surface area contributed by atoms with E-state index in [-0.39, 0.29) is 0 Å². The van der Waals surface area contributed by atoms with Gasteiger partial charge in [0, 0.05) is 10.7 Å². The Morgan fingerprint density at radius 2 is 2.14 bits per heavy atom. The third-order valence-electron chi connectivity index (χ3n) is 4.12. The van der Waals surface area contributed by atoms with Gasteiger partial charge in [-0.25, -0.2) is 0 Å². The van der Waals surface area contributed by atoms with Crippen molar-refractivity contribution in [2.24, 2.45) is 5.92 Å². The summed E-state index contributed by atoms with van der Waals surface area (Å²) in [6.07, 6.45) is 2.78. The highest BCUT2D eigenvalue weighted by Gasteiger charge is 2.58. The van der Waals surface area contributed by atoms with Crippen molar-refractivity contribution in [3.8, 4) is 0 Å². The Balaban J connectivity index is 2.07. The molecule has 0 nitrogen and oxygen atoms in total. The standard InChI is InChI=1S/C13H15Br/c1-9-6-13(7-10(13)8-14)12-5-3-2-4-11(9)12/h2-5,9-10H,6-8H2,1H3. The normalized spacial score (nSPS) is 38.7. The number of alkyl halides is 1. The molecule has 1 spiro atoms. The molecule has 0 amide bonds. The van der Waals surface area contributed by atoms with Crippen LogP contribution in [0.4, 0.5) is 0 Å². The highest BCUT2D eigenvalue weighted by Crippen LogP contribution is 2.64. The molecule has 1 fully saturated rings. The predicted molar refractivity (Wildman–Crippen MR) is 63.1 cm³/mol. The fourth-order valence-electron chi connectivity index (χ4n) is 3.31. The second-order valence-electron chi connectivity index (χ2n) is 4.90. The van der Waals surface area contributed by atoms with E-state index in [9.17, 15) is 0 Å². The molecule has 0 bridgehead atoms. The molecule has 2 aliphatic carbocycles. The van der Waals surface area contributed by atoms with Crippen molar-refractivity contribution in [1.82, 2.24) is 0 Å². The third kappa shape index (κ3) is 0.995. The topological polar surface area (TPSA) is 0 Å². The second-order valence-corrected chi connectivity index (χ2v) is 5.55. The molecule has 0 N–H and O–H groups in total. The number of hydrogen-bond donors (Lipinski definition) is 0. The van der Waals surface area contributed by atoms with E-state index in [0.29, 0.717) is 5.41 Å². The Morgan fingerprint density at radius 3 is 2.86 bits per heavy atom. The van der Waals surface area contributed by atoms with E-state index in [0.717, 1.165) is 11.8 Å². The molecule has 3 rings (SSSR count). The molecule has 1 aromatic carbocycles. The van der Waals surface area contributed by atoms with Gasteiger partial charge in [-0.15, -0.1) is 0 Å². The molecule has 1 heteroatoms. The first-order chi connectivity index (χ1) is 6.78. The lowest BCUT2D eigenvalue weighted by atomic mass is 9.96. The van der Waals surface area contributed by atoms with Crippen LogP contribution in [0, 0.1) is 5.92 Å². The SMILES string of the molecule is CC1CC2(CC2CBr)c2ccccc21. The van der Waals surface area contributed by atoms with Crippen molar-refractivity contribution >= 4 is 15.9 Å². The summed E-state index contributed by atoms with van der Waals surface area (Å²) in [5.74, 6) is 1.67. The molecular formula is C13H15Br. The summed E-state index contributed by atoms with van der Waals surface area (Å²) in [4.78, 5) is 0. The van der Waals surface area contributed by atoms with E-state index in [4.69, 9.17) is 0 Å². The maximum absolute atomic E-state index is 3.63. The molecule has 1 saturated carbocycles. The number of fused-ring (bicyclic) bond motifs is 2. The van der Waals surface area contributed by atoms with Gasteiger partial charge in [0.1, 0.15) is 0 Å². The smallest absolute Gasteiger partial charge is 0.00685 e. The van der Waals surface area contributed by atoms with Gasteiger partial charge in [-0.2, -0.15) is 0 Å². The van der Waals surface area contributed by atoms with Crippen molar-refractivity contribution in [1.29, 1.82) is 0 Å². The van der Waals surface area contributed by atoms with Gasteiger partial charge in [-0.3, -0.25) is 0 Å². The zero-order valence-corrected chi connectivity index (χ0v) is 10.0. The second kappa shape index (κ2) is 2.85. The van der Waals surface area contributed by atoms with Crippen LogP contribution >= 0.6 is 15.9 Å². The van der Waals surface area contributed by atoms with Gasteiger partial charge in [0.2, 0.25) is 0 Å². The zero-order valence-electron chi connectivity index (χ0n) is 8.46. The van der Waals surface area contributed by atoms with Gasteiger partial charge in [0.05, 0.1) is 0 Å². The van der Waals surface area contributed by atoms with Crippen LogP contribution in [0.1, 0.15) is 36.8 Å². The van der Waals surface area contributed by atoms with Crippen molar-refractivity contribution in [2.45, 2.75) is 31.1 Å². The lowest BCUT2D eigenvalue weighted by molar-refractivity contribution is 0.577. The van der Waals surface area contributed by atoms with Crippen molar-refractivity contribution in [3.63, 3.8) is 0 Å². The van der Waals surface area contributed by atoms with Crippen LogP contribution in [0.2, 0.25) is 0 Å². The number of hydrogen-bond acceptors (Lipinski definition) is 0. The van der Waals surface area contributed by atoms with Crippen LogP contribution in [0.3, 0.4) is 0 Å². The summed E-state index contributed by atoms with van der Waals surface area (Å²) in [5, 5.41) is 1.17. The maximum atomic E-state index is 3.63. The monoisotopic (exact) mass is 250 g/mol. The number of benzene rings is 1. The zero-order chi connectivity index (χ0) is 9.76. The first-order valence-corrected chi connectivity index (χ1v) is 6.55. The summed E-state index contributed by atoms with van der Waals surface area (Å²) in [5.41, 5.74) is 3.83. The molecule has 0 aromatic heterocycles. The van der Waals surface area contributed by atoms with E-state index >= 15 is 0 Å². The summed E-state index contributed by atoms with van der Waals surface area (Å²) < 4.78 is 0. The Bertz CT molecular complexity index is 371. The largest absolute Gasteiger partial charge is 0.0925 e. The summed E-state index contributed by atoms with van der Waals surface area (Å²) in [6, 6.07) is 9.04. The van der Waals surface area contributed by atoms with Crippen LogP contribution in [-0.4, -0.2) is 5.33 Å². The summed E-state index contributed by atoms with van der Waals surface area (Å²) in [6.45, 7) is 2.37. The van der Waals surface area contributed by atoms with Crippen molar-refractivity contribution in [2.75, 3.05) is 5.33 Å². The van der Waals surface area contributed by atoms with Crippen LogP contribution in [0.5, 0.6) is 0 Å². The molecule has 0 saturated heterocycles. The van der Waals surface area contributed by atoms with Gasteiger partial charge >= 0.3 is 0 Å². The van der Waals surface area contributed by atoms with E-state index in [1.807, 2.05) is 0 Å². The van der Waals surface area contributed by atoms with Gasteiger partial charge < -0.3 is 0 Å². The molecule has 74 valence electrons. The summed E-state index contributed by atoms with van der Waals surface area (Å²) >= 11 is 3.63. The number of halogens is 1. The van der Waals surface area contributed by atoms with E-state index in [2.05, 4.69) is 47.1 Å². The molecule has 14 heavy (non-hydrogen) atoms. The Kier molecular flexibility index (Phi) is 1.82. The predicted octanol–water partition coefficient (Wildman–Crippen LogP) is 3.85. The fraction of sp³-hybridized carbons (Fsp3) is 0.538. The van der Waals surface area contributed by atoms with Crippen molar-refractivity contribution < 1.29 is 0 Å². The molecule has 3 atom stereocenters. The lowest BCUT2D eigenvalue weighted by Gasteiger charge is -2.09. The maximum Gasteiger partial charge on any atom is 0.00685 e. The highest BCUT2D eigenvalue weighted by molar-refractivity contribution is 9.09. The molecule has 2 aliphatic rings. The molecule has 1 aromatic rings. The van der Waals surface area contributed by atoms with Crippen LogP contribution in [0.25, 0.3) is 0 Å².